The van der Waals surface area contributed by atoms with E-state index in [4.69, 9.17) is 25.0 Å². The number of rotatable bonds is 27. The molecule has 0 radical (unpaired) electrons. The largest absolute Gasteiger partial charge is 0.481 e. The van der Waals surface area contributed by atoms with Crippen LogP contribution in [0.2, 0.25) is 0 Å². The predicted molar refractivity (Wildman–Crippen MR) is 194 cm³/mol. The van der Waals surface area contributed by atoms with Gasteiger partial charge in [-0.15, -0.1) is 0 Å². The summed E-state index contributed by atoms with van der Waals surface area (Å²) in [7, 11) is -10.5. The molecule has 2 aromatic heterocycles. The maximum Gasteiger partial charge on any atom is 0.481 e. The number of unbranched alkanes of at least 4 members (excludes halogenated alkanes) is 14. The standard InChI is InChI=1S/C33H59FN6O10P2/c1-4-6-7-8-9-10-11-12-13-14-15-16-17-18-19-20-27(41)37-28(24(3)47-5-2)31-38-30(35)29-32(39-31)40(23-36-29)33-26(34)21-25(49-33)22-48-52(45,46)50-51(42,43)44/h23-26,28,33H,4-22H2,1-3H3,(H,37,41)(H,45,46)(H2,35,38,39)(H2,42,43,44)/t24-,25+,26-,28?,33-/m1/s1. The van der Waals surface area contributed by atoms with Gasteiger partial charge in [-0.1, -0.05) is 96.8 Å². The summed E-state index contributed by atoms with van der Waals surface area (Å²) in [5, 5.41) is 2.99. The van der Waals surface area contributed by atoms with Crippen molar-refractivity contribution in [3.05, 3.63) is 12.2 Å². The first-order valence-electron chi connectivity index (χ1n) is 18.7. The second-order valence-corrected chi connectivity index (χ2v) is 16.3. The Morgan fingerprint density at radius 3 is 2.13 bits per heavy atom. The highest BCUT2D eigenvalue weighted by molar-refractivity contribution is 7.60. The van der Waals surface area contributed by atoms with E-state index in [1.165, 1.54) is 81.5 Å². The molecule has 1 aliphatic rings. The van der Waals surface area contributed by atoms with Crippen LogP contribution in [0.15, 0.2) is 6.33 Å². The van der Waals surface area contributed by atoms with E-state index < -0.39 is 52.9 Å². The third-order valence-corrected chi connectivity index (χ3v) is 11.2. The van der Waals surface area contributed by atoms with Crippen LogP contribution in [-0.4, -0.2) is 71.7 Å². The molecule has 2 unspecified atom stereocenters. The molecule has 1 aliphatic heterocycles. The Morgan fingerprint density at radius 1 is 1.00 bits per heavy atom. The number of imidazole rings is 1. The predicted octanol–water partition coefficient (Wildman–Crippen LogP) is 7.10. The minimum atomic E-state index is -5.32. The number of hydrogen-bond donors (Lipinski definition) is 5. The lowest BCUT2D eigenvalue weighted by molar-refractivity contribution is -0.123. The number of aromatic nitrogens is 4. The smallest absolute Gasteiger partial charge is 0.382 e. The summed E-state index contributed by atoms with van der Waals surface area (Å²) >= 11 is 0. The van der Waals surface area contributed by atoms with Crippen molar-refractivity contribution in [3.8, 4) is 0 Å². The number of halogens is 1. The van der Waals surface area contributed by atoms with Crippen molar-refractivity contribution in [2.45, 2.75) is 161 Å². The SMILES string of the molecule is CCCCCCCCCCCCCCCCCC(=O)NC(c1nc(N)c2ncn([C@@H]3O[C@H](COP(=O)(O)OP(=O)(O)O)C[C@H]3F)c2n1)[C@@H](C)OCC. The summed E-state index contributed by atoms with van der Waals surface area (Å²) in [5.74, 6) is -0.0495. The maximum absolute atomic E-state index is 15.2. The zero-order chi connectivity index (χ0) is 38.1. The lowest BCUT2D eigenvalue weighted by Crippen LogP contribution is -2.37. The van der Waals surface area contributed by atoms with Gasteiger partial charge >= 0.3 is 15.6 Å². The number of hydrogen-bond acceptors (Lipinski definition) is 11. The van der Waals surface area contributed by atoms with Gasteiger partial charge in [-0.2, -0.15) is 4.31 Å². The molecule has 0 aromatic carbocycles. The van der Waals surface area contributed by atoms with Gasteiger partial charge in [0.05, 0.1) is 25.1 Å². The number of phosphoric ester groups is 1. The monoisotopic (exact) mass is 780 g/mol. The Hall–Kier alpha value is -2.07. The van der Waals surface area contributed by atoms with Crippen LogP contribution in [-0.2, 0) is 32.2 Å². The van der Waals surface area contributed by atoms with E-state index in [0.717, 1.165) is 25.7 Å². The summed E-state index contributed by atoms with van der Waals surface area (Å²) in [5.41, 5.74) is 6.54. The molecule has 0 spiro atoms. The summed E-state index contributed by atoms with van der Waals surface area (Å²) in [6.45, 7) is 5.52. The van der Waals surface area contributed by atoms with Gasteiger partial charge in [0.2, 0.25) is 5.91 Å². The minimum absolute atomic E-state index is 0.00630. The van der Waals surface area contributed by atoms with Crippen LogP contribution in [0.1, 0.15) is 148 Å². The lowest BCUT2D eigenvalue weighted by atomic mass is 10.0. The Morgan fingerprint density at radius 2 is 1.58 bits per heavy atom. The molecule has 52 heavy (non-hydrogen) atoms. The van der Waals surface area contributed by atoms with Gasteiger partial charge in [0, 0.05) is 19.4 Å². The van der Waals surface area contributed by atoms with Gasteiger partial charge in [0.15, 0.2) is 23.5 Å². The van der Waals surface area contributed by atoms with Crippen LogP contribution >= 0.6 is 15.6 Å². The topological polar surface area (TPSA) is 230 Å². The zero-order valence-electron chi connectivity index (χ0n) is 30.7. The molecule has 2 aromatic rings. The average molecular weight is 781 g/mol. The molecule has 3 rings (SSSR count). The second kappa shape index (κ2) is 22.3. The van der Waals surface area contributed by atoms with Crippen LogP contribution in [0.4, 0.5) is 10.2 Å². The third-order valence-electron chi connectivity index (χ3n) is 9.00. The first-order chi connectivity index (χ1) is 24.7. The van der Waals surface area contributed by atoms with Gasteiger partial charge < -0.3 is 35.2 Å². The number of alkyl halides is 1. The molecule has 3 heterocycles. The van der Waals surface area contributed by atoms with Crippen molar-refractivity contribution < 1.29 is 51.3 Å². The molecule has 0 aliphatic carbocycles. The van der Waals surface area contributed by atoms with Crippen LogP contribution in [0.25, 0.3) is 11.2 Å². The number of carbonyl (C=O) groups excluding carboxylic acids is 1. The Labute approximate surface area is 306 Å². The number of ether oxygens (including phenoxy) is 2. The van der Waals surface area contributed by atoms with Crippen molar-refractivity contribution in [3.63, 3.8) is 0 Å². The first-order valence-corrected chi connectivity index (χ1v) is 21.7. The summed E-state index contributed by atoms with van der Waals surface area (Å²) in [6, 6.07) is -0.779. The quantitative estimate of drug-likeness (QED) is 0.0450. The Bertz CT molecular complexity index is 1470. The van der Waals surface area contributed by atoms with Crippen molar-refractivity contribution in [2.75, 3.05) is 18.9 Å². The van der Waals surface area contributed by atoms with Crippen molar-refractivity contribution in [1.82, 2.24) is 24.8 Å². The number of nitrogens with one attached hydrogen (secondary N) is 1. The minimum Gasteiger partial charge on any atom is -0.382 e. The number of fused-ring (bicyclic) bond motifs is 1. The highest BCUT2D eigenvalue weighted by Gasteiger charge is 2.41. The molecule has 298 valence electrons. The Balaban J connectivity index is 1.52. The number of phosphoric acid groups is 2. The summed E-state index contributed by atoms with van der Waals surface area (Å²) < 4.78 is 59.2. The van der Waals surface area contributed by atoms with Crippen LogP contribution in [0, 0.1) is 0 Å². The van der Waals surface area contributed by atoms with Crippen LogP contribution in [0.5, 0.6) is 0 Å². The number of nitrogens with zero attached hydrogens (tertiary/aromatic N) is 4. The Kier molecular flexibility index (Phi) is 19.0. The maximum atomic E-state index is 15.2. The number of anilines is 1. The van der Waals surface area contributed by atoms with E-state index in [0.29, 0.717) is 13.0 Å². The highest BCUT2D eigenvalue weighted by atomic mass is 31.3. The molecule has 1 fully saturated rings. The molecule has 1 saturated heterocycles. The molecule has 0 bridgehead atoms. The van der Waals surface area contributed by atoms with Gasteiger partial charge in [-0.05, 0) is 20.3 Å². The van der Waals surface area contributed by atoms with Gasteiger partial charge in [-0.25, -0.2) is 28.5 Å². The first kappa shape index (κ1) is 44.3. The third kappa shape index (κ3) is 15.3. The van der Waals surface area contributed by atoms with E-state index >= 15 is 4.39 Å². The highest BCUT2D eigenvalue weighted by Crippen LogP contribution is 2.57. The van der Waals surface area contributed by atoms with Crippen LogP contribution in [0.3, 0.4) is 0 Å². The number of carbonyl (C=O) groups is 1. The fourth-order valence-corrected chi connectivity index (χ4v) is 7.94. The number of amides is 1. The van der Waals surface area contributed by atoms with Crippen LogP contribution < -0.4 is 11.1 Å². The molecule has 19 heteroatoms. The summed E-state index contributed by atoms with van der Waals surface area (Å²) in [6.07, 6.45) is 15.2. The number of nitrogens with two attached hydrogens (primary N) is 1. The fraction of sp³-hybridized carbons (Fsp3) is 0.818. The van der Waals surface area contributed by atoms with Crippen molar-refractivity contribution in [2.24, 2.45) is 0 Å². The molecule has 0 saturated carbocycles. The molecule has 6 N–H and O–H groups in total. The molecule has 16 nitrogen and oxygen atoms in total. The van der Waals surface area contributed by atoms with E-state index in [9.17, 15) is 18.8 Å². The normalized spacial score (nSPS) is 20.2. The van der Waals surface area contributed by atoms with Gasteiger partial charge in [0.1, 0.15) is 17.7 Å². The van der Waals surface area contributed by atoms with Crippen molar-refractivity contribution >= 4 is 38.5 Å². The fourth-order valence-electron chi connectivity index (χ4n) is 6.32. The van der Waals surface area contributed by atoms with Gasteiger partial charge in [0.25, 0.3) is 0 Å². The molecular formula is C33H59FN6O10P2. The van der Waals surface area contributed by atoms with E-state index in [1.54, 1.807) is 6.92 Å². The number of nitrogen functional groups attached to an aromatic ring is 1. The molecular weight excluding hydrogens is 721 g/mol. The van der Waals surface area contributed by atoms with E-state index in [-0.39, 0.29) is 35.1 Å². The average Bonchev–Trinajstić information content (AvgIpc) is 3.66. The second-order valence-electron chi connectivity index (χ2n) is 13.4. The van der Waals surface area contributed by atoms with E-state index in [2.05, 4.69) is 36.0 Å². The molecule has 6 atom stereocenters. The zero-order valence-corrected chi connectivity index (χ0v) is 32.5. The van der Waals surface area contributed by atoms with Gasteiger partial charge in [-0.3, -0.25) is 13.9 Å². The van der Waals surface area contributed by atoms with Crippen molar-refractivity contribution in [1.29, 1.82) is 0 Å². The lowest BCUT2D eigenvalue weighted by Gasteiger charge is -2.24. The van der Waals surface area contributed by atoms with E-state index in [1.807, 2.05) is 6.92 Å². The molecule has 1 amide bonds. The summed E-state index contributed by atoms with van der Waals surface area (Å²) in [4.78, 5) is 53.5.